The number of pyridine rings is 1. The normalized spacial score (nSPS) is 17.2. The molecule has 5 nitrogen and oxygen atoms in total. The smallest absolute Gasteiger partial charge is 0.311 e. The maximum absolute atomic E-state index is 10.9. The molecule has 1 heterocycles. The molecule has 1 aromatic heterocycles. The third-order valence-electron chi connectivity index (χ3n) is 3.23. The number of halogens is 1. The van der Waals surface area contributed by atoms with Crippen LogP contribution in [0.25, 0.3) is 0 Å². The topological polar surface area (TPSA) is 68.1 Å². The van der Waals surface area contributed by atoms with Crippen molar-refractivity contribution in [3.05, 3.63) is 27.4 Å². The molecule has 0 aliphatic heterocycles. The number of hydrogen-bond acceptors (Lipinski definition) is 4. The molecular formula is C12H16ClN3O2. The van der Waals surface area contributed by atoms with Crippen LogP contribution in [-0.2, 0) is 0 Å². The zero-order valence-electron chi connectivity index (χ0n) is 10.1. The van der Waals surface area contributed by atoms with Crippen LogP contribution in [-0.4, -0.2) is 15.9 Å². The highest BCUT2D eigenvalue weighted by atomic mass is 35.5. The van der Waals surface area contributed by atoms with Crippen LogP contribution in [0.2, 0.25) is 5.15 Å². The maximum atomic E-state index is 10.9. The highest BCUT2D eigenvalue weighted by molar-refractivity contribution is 6.29. The number of nitrogens with one attached hydrogen (secondary N) is 1. The van der Waals surface area contributed by atoms with Gasteiger partial charge in [-0.2, -0.15) is 0 Å². The molecule has 1 aliphatic rings. The molecule has 1 fully saturated rings. The molecule has 18 heavy (non-hydrogen) atoms. The van der Waals surface area contributed by atoms with Gasteiger partial charge in [-0.05, 0) is 18.9 Å². The van der Waals surface area contributed by atoms with E-state index in [-0.39, 0.29) is 16.9 Å². The van der Waals surface area contributed by atoms with Gasteiger partial charge in [-0.15, -0.1) is 0 Å². The first-order valence-electron chi connectivity index (χ1n) is 6.24. The third-order valence-corrected chi connectivity index (χ3v) is 3.44. The van der Waals surface area contributed by atoms with Crippen LogP contribution >= 0.6 is 11.6 Å². The van der Waals surface area contributed by atoms with Gasteiger partial charge in [-0.25, -0.2) is 4.98 Å². The molecule has 1 aromatic rings. The summed E-state index contributed by atoms with van der Waals surface area (Å²) in [7, 11) is 0. The average Bonchev–Trinajstić information content (AvgIpc) is 2.57. The third kappa shape index (κ3) is 3.32. The fraction of sp³-hybridized carbons (Fsp3) is 0.583. The summed E-state index contributed by atoms with van der Waals surface area (Å²) in [6.07, 6.45) is 6.86. The van der Waals surface area contributed by atoms with E-state index in [0.29, 0.717) is 5.82 Å². The van der Waals surface area contributed by atoms with E-state index in [1.165, 1.54) is 25.0 Å². The number of nitrogens with zero attached hydrogens (tertiary/aromatic N) is 2. The van der Waals surface area contributed by atoms with E-state index in [0.717, 1.165) is 25.7 Å². The van der Waals surface area contributed by atoms with E-state index in [4.69, 9.17) is 11.6 Å². The molecule has 2 rings (SSSR count). The van der Waals surface area contributed by atoms with Gasteiger partial charge in [0.05, 0.1) is 4.92 Å². The first kappa shape index (κ1) is 13.1. The Labute approximate surface area is 111 Å². The lowest BCUT2D eigenvalue weighted by atomic mass is 10.1. The Kier molecular flexibility index (Phi) is 4.36. The van der Waals surface area contributed by atoms with Crippen LogP contribution in [0.1, 0.15) is 38.5 Å². The molecule has 0 amide bonds. The summed E-state index contributed by atoms with van der Waals surface area (Å²) in [5.74, 6) is 0.291. The summed E-state index contributed by atoms with van der Waals surface area (Å²) in [6, 6.07) is 3.10. The first-order valence-corrected chi connectivity index (χ1v) is 6.62. The first-order chi connectivity index (χ1) is 8.66. The zero-order valence-corrected chi connectivity index (χ0v) is 10.8. The molecule has 1 aliphatic carbocycles. The van der Waals surface area contributed by atoms with Crippen LogP contribution in [0.5, 0.6) is 0 Å². The standard InChI is InChI=1S/C12H16ClN3O2/c13-11-8-7-10(16(17)18)12(15-11)14-9-5-3-1-2-4-6-9/h7-9H,1-6H2,(H,14,15). The minimum Gasteiger partial charge on any atom is -0.362 e. The lowest BCUT2D eigenvalue weighted by molar-refractivity contribution is -0.384. The van der Waals surface area contributed by atoms with Gasteiger partial charge < -0.3 is 5.32 Å². The molecule has 0 unspecified atom stereocenters. The number of rotatable bonds is 3. The van der Waals surface area contributed by atoms with Crippen molar-refractivity contribution >= 4 is 23.1 Å². The van der Waals surface area contributed by atoms with Crippen molar-refractivity contribution in [2.24, 2.45) is 0 Å². The van der Waals surface area contributed by atoms with Crippen molar-refractivity contribution in [1.82, 2.24) is 4.98 Å². The zero-order chi connectivity index (χ0) is 13.0. The quantitative estimate of drug-likeness (QED) is 0.392. The molecule has 0 aromatic carbocycles. The molecule has 1 N–H and O–H groups in total. The fourth-order valence-corrected chi connectivity index (χ4v) is 2.45. The second kappa shape index (κ2) is 6.00. The van der Waals surface area contributed by atoms with Crippen molar-refractivity contribution in [2.45, 2.75) is 44.6 Å². The van der Waals surface area contributed by atoms with E-state index in [1.54, 1.807) is 0 Å². The van der Waals surface area contributed by atoms with Gasteiger partial charge in [-0.3, -0.25) is 10.1 Å². The van der Waals surface area contributed by atoms with Crippen molar-refractivity contribution in [3.8, 4) is 0 Å². The van der Waals surface area contributed by atoms with Crippen LogP contribution in [0.3, 0.4) is 0 Å². The molecule has 0 radical (unpaired) electrons. The second-order valence-corrected chi connectivity index (χ2v) is 4.98. The largest absolute Gasteiger partial charge is 0.362 e. The number of hydrogen-bond donors (Lipinski definition) is 1. The van der Waals surface area contributed by atoms with E-state index in [9.17, 15) is 10.1 Å². The molecular weight excluding hydrogens is 254 g/mol. The Morgan fingerprint density at radius 2 is 1.94 bits per heavy atom. The van der Waals surface area contributed by atoms with Gasteiger partial charge in [0, 0.05) is 12.1 Å². The maximum Gasteiger partial charge on any atom is 0.311 e. The summed E-state index contributed by atoms with van der Waals surface area (Å²) in [4.78, 5) is 14.5. The Morgan fingerprint density at radius 1 is 1.28 bits per heavy atom. The number of nitro groups is 1. The predicted molar refractivity (Wildman–Crippen MR) is 71.0 cm³/mol. The summed E-state index contributed by atoms with van der Waals surface area (Å²) >= 11 is 5.80. The Morgan fingerprint density at radius 3 is 2.56 bits per heavy atom. The van der Waals surface area contributed by atoms with Gasteiger partial charge >= 0.3 is 5.69 Å². The molecule has 0 atom stereocenters. The molecule has 98 valence electrons. The monoisotopic (exact) mass is 269 g/mol. The SMILES string of the molecule is O=[N+]([O-])c1ccc(Cl)nc1NC1CCCCCC1. The van der Waals surface area contributed by atoms with Crippen LogP contribution in [0.15, 0.2) is 12.1 Å². The van der Waals surface area contributed by atoms with E-state index >= 15 is 0 Å². The average molecular weight is 270 g/mol. The molecule has 0 bridgehead atoms. The highest BCUT2D eigenvalue weighted by Crippen LogP contribution is 2.27. The molecule has 0 spiro atoms. The molecule has 6 heteroatoms. The van der Waals surface area contributed by atoms with Crippen molar-refractivity contribution in [2.75, 3.05) is 5.32 Å². The van der Waals surface area contributed by atoms with Crippen molar-refractivity contribution in [1.29, 1.82) is 0 Å². The molecule has 1 saturated carbocycles. The highest BCUT2D eigenvalue weighted by Gasteiger charge is 2.20. The fourth-order valence-electron chi connectivity index (χ4n) is 2.30. The Bertz CT molecular complexity index is 431. The van der Waals surface area contributed by atoms with Crippen molar-refractivity contribution < 1.29 is 4.92 Å². The summed E-state index contributed by atoms with van der Waals surface area (Å²) in [6.45, 7) is 0. The summed E-state index contributed by atoms with van der Waals surface area (Å²) < 4.78 is 0. The van der Waals surface area contributed by atoms with Crippen LogP contribution in [0, 0.1) is 10.1 Å². The van der Waals surface area contributed by atoms with Gasteiger partial charge in [0.1, 0.15) is 5.15 Å². The minimum atomic E-state index is -0.428. The van der Waals surface area contributed by atoms with E-state index in [1.807, 2.05) is 0 Å². The summed E-state index contributed by atoms with van der Waals surface area (Å²) in [5, 5.41) is 14.4. The Balaban J connectivity index is 2.15. The van der Waals surface area contributed by atoms with Gasteiger partial charge in [0.25, 0.3) is 0 Å². The minimum absolute atomic E-state index is 0.0105. The predicted octanol–water partition coefficient (Wildman–Crippen LogP) is 3.78. The lowest BCUT2D eigenvalue weighted by Crippen LogP contribution is -2.19. The van der Waals surface area contributed by atoms with E-state index < -0.39 is 4.92 Å². The van der Waals surface area contributed by atoms with Crippen molar-refractivity contribution in [3.63, 3.8) is 0 Å². The Hall–Kier alpha value is -1.36. The van der Waals surface area contributed by atoms with Crippen LogP contribution < -0.4 is 5.32 Å². The van der Waals surface area contributed by atoms with Crippen LogP contribution in [0.4, 0.5) is 11.5 Å². The van der Waals surface area contributed by atoms with Gasteiger partial charge in [-0.1, -0.05) is 37.3 Å². The summed E-state index contributed by atoms with van der Waals surface area (Å²) in [5.41, 5.74) is -0.0105. The van der Waals surface area contributed by atoms with Gasteiger partial charge in [0.15, 0.2) is 0 Å². The second-order valence-electron chi connectivity index (χ2n) is 4.59. The number of anilines is 1. The lowest BCUT2D eigenvalue weighted by Gasteiger charge is -2.16. The van der Waals surface area contributed by atoms with Gasteiger partial charge in [0.2, 0.25) is 5.82 Å². The molecule has 0 saturated heterocycles. The number of aromatic nitrogens is 1. The van der Waals surface area contributed by atoms with E-state index in [2.05, 4.69) is 10.3 Å².